The SMILES string of the molecule is CC(C)(C)C[C@H]1N[C@@H](C(=O)NCC[C@H](O)CO)[C@H](c2cccc(F)c2F)[C@@]12C(=O)Nc1cc(F)c(F)cc12.Cl. The van der Waals surface area contributed by atoms with Crippen LogP contribution in [0, 0.1) is 28.7 Å². The number of nitrogens with one attached hydrogen (secondary N) is 3. The van der Waals surface area contributed by atoms with Crippen LogP contribution in [0.2, 0.25) is 0 Å². The predicted octanol–water partition coefficient (Wildman–Crippen LogP) is 3.27. The predicted molar refractivity (Wildman–Crippen MR) is 139 cm³/mol. The summed E-state index contributed by atoms with van der Waals surface area (Å²) in [5, 5.41) is 27.0. The van der Waals surface area contributed by atoms with Crippen LogP contribution in [0.3, 0.4) is 0 Å². The molecule has 5 N–H and O–H groups in total. The van der Waals surface area contributed by atoms with Gasteiger partial charge in [0.1, 0.15) is 5.41 Å². The van der Waals surface area contributed by atoms with E-state index in [0.29, 0.717) is 0 Å². The molecule has 2 amide bonds. The van der Waals surface area contributed by atoms with Gasteiger partial charge in [0.25, 0.3) is 0 Å². The van der Waals surface area contributed by atoms with Crippen molar-refractivity contribution >= 4 is 29.9 Å². The van der Waals surface area contributed by atoms with Gasteiger partial charge in [0.2, 0.25) is 11.8 Å². The highest BCUT2D eigenvalue weighted by Gasteiger charge is 2.66. The van der Waals surface area contributed by atoms with Crippen molar-refractivity contribution in [3.63, 3.8) is 0 Å². The minimum Gasteiger partial charge on any atom is -0.394 e. The molecule has 2 heterocycles. The van der Waals surface area contributed by atoms with Gasteiger partial charge in [-0.15, -0.1) is 12.4 Å². The Kier molecular flexibility index (Phi) is 9.01. The molecule has 12 heteroatoms. The van der Waals surface area contributed by atoms with E-state index in [9.17, 15) is 27.9 Å². The summed E-state index contributed by atoms with van der Waals surface area (Å²) in [4.78, 5) is 27.3. The van der Waals surface area contributed by atoms with Gasteiger partial charge in [0.15, 0.2) is 23.3 Å². The lowest BCUT2D eigenvalue weighted by Gasteiger charge is -2.37. The van der Waals surface area contributed by atoms with Gasteiger partial charge < -0.3 is 26.2 Å². The normalized spacial score (nSPS) is 24.7. The fourth-order valence-corrected chi connectivity index (χ4v) is 5.73. The van der Waals surface area contributed by atoms with Crippen LogP contribution in [0.25, 0.3) is 0 Å². The van der Waals surface area contributed by atoms with E-state index in [1.54, 1.807) is 0 Å². The molecule has 2 aliphatic rings. The van der Waals surface area contributed by atoms with Crippen molar-refractivity contribution in [3.05, 3.63) is 64.7 Å². The second kappa shape index (κ2) is 11.4. The molecule has 1 saturated heterocycles. The summed E-state index contributed by atoms with van der Waals surface area (Å²) in [6.45, 7) is 5.12. The lowest BCUT2D eigenvalue weighted by molar-refractivity contribution is -0.124. The van der Waals surface area contributed by atoms with Gasteiger partial charge in [0.05, 0.1) is 18.8 Å². The number of halogens is 5. The molecule has 7 nitrogen and oxygen atoms in total. The minimum absolute atomic E-state index is 0. The molecule has 1 spiro atoms. The third-order valence-corrected chi connectivity index (χ3v) is 7.29. The van der Waals surface area contributed by atoms with Crippen LogP contribution in [-0.4, -0.2) is 53.4 Å². The van der Waals surface area contributed by atoms with Crippen molar-refractivity contribution in [2.45, 2.75) is 63.1 Å². The first kappa shape index (κ1) is 30.8. The first-order valence-corrected chi connectivity index (χ1v) is 12.4. The zero-order valence-electron chi connectivity index (χ0n) is 21.7. The van der Waals surface area contributed by atoms with Crippen LogP contribution in [0.4, 0.5) is 23.2 Å². The zero-order valence-corrected chi connectivity index (χ0v) is 22.5. The summed E-state index contributed by atoms with van der Waals surface area (Å²) >= 11 is 0. The Hall–Kier alpha value is -2.73. The number of hydrogen-bond acceptors (Lipinski definition) is 5. The second-order valence-electron chi connectivity index (χ2n) is 11.1. The Labute approximate surface area is 229 Å². The smallest absolute Gasteiger partial charge is 0.237 e. The average molecular weight is 574 g/mol. The third-order valence-electron chi connectivity index (χ3n) is 7.29. The summed E-state index contributed by atoms with van der Waals surface area (Å²) < 4.78 is 58.6. The van der Waals surface area contributed by atoms with E-state index in [4.69, 9.17) is 5.11 Å². The van der Waals surface area contributed by atoms with Crippen molar-refractivity contribution in [3.8, 4) is 0 Å². The summed E-state index contributed by atoms with van der Waals surface area (Å²) in [7, 11) is 0. The number of amides is 2. The van der Waals surface area contributed by atoms with Gasteiger partial charge in [0, 0.05) is 30.3 Å². The van der Waals surface area contributed by atoms with Gasteiger partial charge in [-0.2, -0.15) is 0 Å². The maximum Gasteiger partial charge on any atom is 0.237 e. The monoisotopic (exact) mass is 573 g/mol. The zero-order chi connectivity index (χ0) is 28.0. The summed E-state index contributed by atoms with van der Waals surface area (Å²) in [6.07, 6.45) is -0.786. The molecule has 1 fully saturated rings. The molecule has 39 heavy (non-hydrogen) atoms. The topological polar surface area (TPSA) is 111 Å². The van der Waals surface area contributed by atoms with E-state index in [1.807, 2.05) is 20.8 Å². The molecule has 214 valence electrons. The number of hydrogen-bond donors (Lipinski definition) is 5. The molecule has 0 aliphatic carbocycles. The highest BCUT2D eigenvalue weighted by molar-refractivity contribution is 6.09. The molecule has 2 aromatic carbocycles. The fourth-order valence-electron chi connectivity index (χ4n) is 5.73. The number of rotatable bonds is 7. The Balaban J connectivity index is 0.00000420. The summed E-state index contributed by atoms with van der Waals surface area (Å²) in [5.41, 5.74) is -2.46. The summed E-state index contributed by atoms with van der Waals surface area (Å²) in [5.74, 6) is -7.57. The van der Waals surface area contributed by atoms with Crippen molar-refractivity contribution in [2.75, 3.05) is 18.5 Å². The molecule has 0 unspecified atom stereocenters. The lowest BCUT2D eigenvalue weighted by atomic mass is 9.62. The largest absolute Gasteiger partial charge is 0.394 e. The molecule has 0 aromatic heterocycles. The van der Waals surface area contributed by atoms with Crippen LogP contribution >= 0.6 is 12.4 Å². The fraction of sp³-hybridized carbons (Fsp3) is 0.481. The van der Waals surface area contributed by atoms with E-state index < -0.39 is 76.6 Å². The number of carbonyl (C=O) groups excluding carboxylic acids is 2. The van der Waals surface area contributed by atoms with Crippen molar-refractivity contribution in [2.24, 2.45) is 5.41 Å². The Morgan fingerprint density at radius 3 is 2.44 bits per heavy atom. The van der Waals surface area contributed by atoms with Gasteiger partial charge >= 0.3 is 0 Å². The third kappa shape index (κ3) is 5.50. The van der Waals surface area contributed by atoms with Crippen molar-refractivity contribution in [1.82, 2.24) is 10.6 Å². The number of aliphatic hydroxyl groups excluding tert-OH is 2. The molecular weight excluding hydrogens is 542 g/mol. The Morgan fingerprint density at radius 2 is 1.79 bits per heavy atom. The quantitative estimate of drug-likeness (QED) is 0.327. The van der Waals surface area contributed by atoms with Crippen LogP contribution in [0.5, 0.6) is 0 Å². The molecule has 4 rings (SSSR count). The first-order chi connectivity index (χ1) is 17.8. The van der Waals surface area contributed by atoms with E-state index in [2.05, 4.69) is 16.0 Å². The van der Waals surface area contributed by atoms with E-state index >= 15 is 4.39 Å². The standard InChI is InChI=1S/C27H31F4N3O4.ClH/c1-26(2,3)11-20-27(15-9-17(29)18(30)10-19(15)33-25(27)38)21(14-5-4-6-16(28)22(14)31)23(34-20)24(37)32-8-7-13(36)12-35;/h4-6,9-10,13,20-21,23,34-36H,7-8,11-12H2,1-3H3,(H,32,37)(H,33,38);1H/t13-,20+,21-,23+,27-;/m0./s1. The van der Waals surface area contributed by atoms with Crippen LogP contribution in [-0.2, 0) is 15.0 Å². The first-order valence-electron chi connectivity index (χ1n) is 12.4. The summed E-state index contributed by atoms with van der Waals surface area (Å²) in [6, 6.07) is 3.01. The molecule has 0 radical (unpaired) electrons. The number of aliphatic hydroxyl groups is 2. The van der Waals surface area contributed by atoms with E-state index in [1.165, 1.54) is 12.1 Å². The molecule has 5 atom stereocenters. The average Bonchev–Trinajstić information content (AvgIpc) is 3.30. The van der Waals surface area contributed by atoms with E-state index in [0.717, 1.165) is 18.2 Å². The Bertz CT molecular complexity index is 1260. The number of fused-ring (bicyclic) bond motifs is 2. The second-order valence-corrected chi connectivity index (χ2v) is 11.1. The van der Waals surface area contributed by atoms with Gasteiger partial charge in [-0.05, 0) is 41.5 Å². The van der Waals surface area contributed by atoms with Gasteiger partial charge in [-0.1, -0.05) is 32.9 Å². The van der Waals surface area contributed by atoms with E-state index in [-0.39, 0.29) is 48.6 Å². The molecule has 2 aromatic rings. The molecule has 2 aliphatic heterocycles. The molecule has 0 saturated carbocycles. The number of anilines is 1. The van der Waals surface area contributed by atoms with Crippen LogP contribution < -0.4 is 16.0 Å². The van der Waals surface area contributed by atoms with Gasteiger partial charge in [-0.25, -0.2) is 17.6 Å². The van der Waals surface area contributed by atoms with Crippen LogP contribution in [0.1, 0.15) is 50.7 Å². The lowest BCUT2D eigenvalue weighted by Crippen LogP contribution is -2.49. The Morgan fingerprint density at radius 1 is 1.13 bits per heavy atom. The van der Waals surface area contributed by atoms with Gasteiger partial charge in [-0.3, -0.25) is 9.59 Å². The molecule has 0 bridgehead atoms. The molecular formula is C27H32ClF4N3O4. The van der Waals surface area contributed by atoms with Crippen molar-refractivity contribution in [1.29, 1.82) is 0 Å². The number of benzene rings is 2. The highest BCUT2D eigenvalue weighted by atomic mass is 35.5. The minimum atomic E-state index is -1.79. The van der Waals surface area contributed by atoms with Crippen molar-refractivity contribution < 1.29 is 37.4 Å². The number of carbonyl (C=O) groups is 2. The highest BCUT2D eigenvalue weighted by Crippen LogP contribution is 2.57. The van der Waals surface area contributed by atoms with Crippen LogP contribution in [0.15, 0.2) is 30.3 Å². The maximum absolute atomic E-state index is 15.4. The maximum atomic E-state index is 15.4.